The maximum Gasteiger partial charge on any atom is 0.185 e. The van der Waals surface area contributed by atoms with E-state index in [0.29, 0.717) is 18.7 Å². The minimum absolute atomic E-state index is 0.182. The second-order valence-corrected chi connectivity index (χ2v) is 10.5. The summed E-state index contributed by atoms with van der Waals surface area (Å²) < 4.78 is 4.27. The molecule has 2 atom stereocenters. The fourth-order valence-electron chi connectivity index (χ4n) is 5.56. The number of fused-ring (bicyclic) bond motifs is 5. The number of anilines is 1. The van der Waals surface area contributed by atoms with E-state index < -0.39 is 5.60 Å². The molecule has 182 valence electrons. The summed E-state index contributed by atoms with van der Waals surface area (Å²) in [6.45, 7) is 4.93. The molecule has 0 bridgehead atoms. The Morgan fingerprint density at radius 1 is 1.14 bits per heavy atom. The first-order chi connectivity index (χ1) is 17.3. The third kappa shape index (κ3) is 3.77. The van der Waals surface area contributed by atoms with Gasteiger partial charge in [0.25, 0.3) is 0 Å². The lowest BCUT2D eigenvalue weighted by atomic mass is 9.93. The van der Waals surface area contributed by atoms with Crippen molar-refractivity contribution in [2.45, 2.75) is 19.1 Å². The van der Waals surface area contributed by atoms with E-state index in [4.69, 9.17) is 5.26 Å². The van der Waals surface area contributed by atoms with Crippen LogP contribution in [0.25, 0.3) is 28.3 Å². The van der Waals surface area contributed by atoms with Gasteiger partial charge in [-0.2, -0.15) is 5.26 Å². The third-order valence-corrected chi connectivity index (χ3v) is 7.47. The monoisotopic (exact) mass is 479 g/mol. The molecule has 8 nitrogen and oxygen atoms in total. The summed E-state index contributed by atoms with van der Waals surface area (Å²) in [5.41, 5.74) is 6.40. The van der Waals surface area contributed by atoms with Crippen LogP contribution in [-0.4, -0.2) is 68.7 Å². The Kier molecular flexibility index (Phi) is 5.21. The SMILES string of the molecule is CN(C)C[C@H]1CN(c2ccc3c(c2)Cn2cc(-c4ccc(C#N)cc4)cc2-c2nncn2-3)C[C@@]1(C)O. The van der Waals surface area contributed by atoms with Gasteiger partial charge in [0.2, 0.25) is 0 Å². The van der Waals surface area contributed by atoms with E-state index in [9.17, 15) is 5.11 Å². The van der Waals surface area contributed by atoms with Crippen LogP contribution in [0, 0.1) is 17.2 Å². The molecule has 1 fully saturated rings. The first-order valence-corrected chi connectivity index (χ1v) is 12.2. The summed E-state index contributed by atoms with van der Waals surface area (Å²) in [5, 5.41) is 28.9. The number of nitriles is 1. The Hall–Kier alpha value is -3.93. The van der Waals surface area contributed by atoms with Crippen LogP contribution >= 0.6 is 0 Å². The Morgan fingerprint density at radius 2 is 1.94 bits per heavy atom. The van der Waals surface area contributed by atoms with Gasteiger partial charge >= 0.3 is 0 Å². The molecule has 2 aliphatic rings. The smallest absolute Gasteiger partial charge is 0.185 e. The largest absolute Gasteiger partial charge is 0.388 e. The van der Waals surface area contributed by atoms with Crippen molar-refractivity contribution in [2.24, 2.45) is 5.92 Å². The highest BCUT2D eigenvalue weighted by atomic mass is 16.3. The predicted molar refractivity (Wildman–Crippen MR) is 139 cm³/mol. The summed E-state index contributed by atoms with van der Waals surface area (Å²) in [6.07, 6.45) is 3.91. The molecule has 1 N–H and O–H groups in total. The summed E-state index contributed by atoms with van der Waals surface area (Å²) >= 11 is 0. The average molecular weight is 480 g/mol. The summed E-state index contributed by atoms with van der Waals surface area (Å²) in [7, 11) is 4.11. The van der Waals surface area contributed by atoms with Gasteiger partial charge in [0.05, 0.1) is 28.6 Å². The average Bonchev–Trinajstić information content (AvgIpc) is 3.55. The standard InChI is InChI=1S/C28H29N7O/c1-28(36)17-34(16-23(28)15-32(2)3)24-8-9-25-22(10-24)14-33-13-21(20-6-4-19(12-29)5-7-20)11-26(33)27-31-30-18-35(25)27/h4-11,13,18,23,36H,14-17H2,1-3H3/t23-,28+/m0/s1. The van der Waals surface area contributed by atoms with Crippen LogP contribution in [0.5, 0.6) is 0 Å². The molecule has 2 aliphatic heterocycles. The number of β-amino-alcohol motifs (C(OH)–C–C–N with tert-alkyl or cyclic N) is 1. The zero-order valence-corrected chi connectivity index (χ0v) is 20.8. The van der Waals surface area contributed by atoms with E-state index in [-0.39, 0.29) is 5.92 Å². The quantitative estimate of drug-likeness (QED) is 0.425. The third-order valence-electron chi connectivity index (χ3n) is 7.47. The first kappa shape index (κ1) is 22.5. The van der Waals surface area contributed by atoms with Crippen molar-refractivity contribution < 1.29 is 5.11 Å². The van der Waals surface area contributed by atoms with Crippen molar-refractivity contribution in [3.8, 4) is 34.4 Å². The molecule has 0 aliphatic carbocycles. The van der Waals surface area contributed by atoms with Gasteiger partial charge in [-0.15, -0.1) is 10.2 Å². The van der Waals surface area contributed by atoms with E-state index >= 15 is 0 Å². The second-order valence-electron chi connectivity index (χ2n) is 10.5. The molecule has 6 rings (SSSR count). The van der Waals surface area contributed by atoms with E-state index in [2.05, 4.69) is 79.8 Å². The molecule has 0 saturated carbocycles. The molecule has 0 amide bonds. The minimum Gasteiger partial charge on any atom is -0.388 e. The molecule has 2 aromatic heterocycles. The molecule has 0 unspecified atom stereocenters. The topological polar surface area (TPSA) is 86.1 Å². The molecule has 4 aromatic rings. The molecule has 8 heteroatoms. The van der Waals surface area contributed by atoms with Crippen molar-refractivity contribution in [2.75, 3.05) is 38.6 Å². The van der Waals surface area contributed by atoms with Gasteiger partial charge in [-0.3, -0.25) is 4.57 Å². The number of nitrogens with zero attached hydrogens (tertiary/aromatic N) is 7. The molecule has 0 radical (unpaired) electrons. The van der Waals surface area contributed by atoms with Crippen LogP contribution in [0.1, 0.15) is 18.1 Å². The van der Waals surface area contributed by atoms with Crippen molar-refractivity contribution in [3.63, 3.8) is 0 Å². The summed E-state index contributed by atoms with van der Waals surface area (Å²) in [6, 6.07) is 18.5. The van der Waals surface area contributed by atoms with Crippen LogP contribution in [0.3, 0.4) is 0 Å². The fourth-order valence-corrected chi connectivity index (χ4v) is 5.56. The van der Waals surface area contributed by atoms with Crippen LogP contribution < -0.4 is 4.90 Å². The number of aliphatic hydroxyl groups is 1. The van der Waals surface area contributed by atoms with Crippen molar-refractivity contribution in [1.82, 2.24) is 24.2 Å². The molecule has 2 aromatic carbocycles. The van der Waals surface area contributed by atoms with Gasteiger partial charge in [-0.1, -0.05) is 12.1 Å². The highest BCUT2D eigenvalue weighted by Crippen LogP contribution is 2.37. The molecular weight excluding hydrogens is 450 g/mol. The van der Waals surface area contributed by atoms with Crippen LogP contribution in [-0.2, 0) is 6.54 Å². The maximum absolute atomic E-state index is 11.1. The van der Waals surface area contributed by atoms with Gasteiger partial charge in [-0.25, -0.2) is 0 Å². The van der Waals surface area contributed by atoms with Crippen LogP contribution in [0.4, 0.5) is 5.69 Å². The van der Waals surface area contributed by atoms with Crippen LogP contribution in [0.15, 0.2) is 61.1 Å². The zero-order chi connectivity index (χ0) is 25.0. The molecule has 0 spiro atoms. The first-order valence-electron chi connectivity index (χ1n) is 12.2. The van der Waals surface area contributed by atoms with Gasteiger partial charge in [0.1, 0.15) is 6.33 Å². The van der Waals surface area contributed by atoms with Gasteiger partial charge < -0.3 is 19.5 Å². The van der Waals surface area contributed by atoms with Crippen molar-refractivity contribution >= 4 is 5.69 Å². The highest BCUT2D eigenvalue weighted by Gasteiger charge is 2.41. The number of hydrogen-bond acceptors (Lipinski definition) is 6. The molecule has 36 heavy (non-hydrogen) atoms. The Morgan fingerprint density at radius 3 is 2.69 bits per heavy atom. The van der Waals surface area contributed by atoms with E-state index in [1.54, 1.807) is 6.33 Å². The van der Waals surface area contributed by atoms with Gasteiger partial charge in [0.15, 0.2) is 5.82 Å². The van der Waals surface area contributed by atoms with Crippen molar-refractivity contribution in [3.05, 3.63) is 72.2 Å². The Bertz CT molecular complexity index is 1470. The van der Waals surface area contributed by atoms with Crippen molar-refractivity contribution in [1.29, 1.82) is 5.26 Å². The van der Waals surface area contributed by atoms with E-state index in [1.807, 2.05) is 31.2 Å². The van der Waals surface area contributed by atoms with Gasteiger partial charge in [-0.05, 0) is 68.5 Å². The number of benzene rings is 2. The lowest BCUT2D eigenvalue weighted by Gasteiger charge is -2.26. The fraction of sp³-hybridized carbons (Fsp3) is 0.321. The lowest BCUT2D eigenvalue weighted by molar-refractivity contribution is 0.0270. The maximum atomic E-state index is 11.1. The lowest BCUT2D eigenvalue weighted by Crippen LogP contribution is -2.39. The highest BCUT2D eigenvalue weighted by molar-refractivity contribution is 5.72. The molecule has 4 heterocycles. The number of rotatable bonds is 4. The normalized spacial score (nSPS) is 20.6. The van der Waals surface area contributed by atoms with Gasteiger partial charge in [0, 0.05) is 49.5 Å². The number of hydrogen-bond donors (Lipinski definition) is 1. The molecular formula is C28H29N7O. The second kappa shape index (κ2) is 8.33. The summed E-state index contributed by atoms with van der Waals surface area (Å²) in [4.78, 5) is 4.44. The zero-order valence-electron chi connectivity index (χ0n) is 20.8. The van der Waals surface area contributed by atoms with E-state index in [0.717, 1.165) is 47.1 Å². The number of aromatic nitrogens is 4. The summed E-state index contributed by atoms with van der Waals surface area (Å²) in [5.74, 6) is 0.985. The Labute approximate surface area is 210 Å². The molecule has 1 saturated heterocycles. The minimum atomic E-state index is -0.734. The van der Waals surface area contributed by atoms with E-state index in [1.165, 1.54) is 5.56 Å². The predicted octanol–water partition coefficient (Wildman–Crippen LogP) is 3.38. The Balaban J connectivity index is 1.37. The van der Waals surface area contributed by atoms with Crippen LogP contribution in [0.2, 0.25) is 0 Å².